The zero-order valence-electron chi connectivity index (χ0n) is 27.7. The number of alkyl halides is 3. The largest absolute Gasteiger partial charge is 0.522 e. The molecule has 0 radical (unpaired) electrons. The number of aromatic nitrogens is 2. The van der Waals surface area contributed by atoms with Crippen LogP contribution in [-0.2, 0) is 14.3 Å². The number of carbonyl (C=O) groups excluding carboxylic acids is 1. The van der Waals surface area contributed by atoms with Gasteiger partial charge >= 0.3 is 12.3 Å². The molecular formula is C35H51F3N4O3. The van der Waals surface area contributed by atoms with Gasteiger partial charge in [-0.25, -0.2) is 4.79 Å². The summed E-state index contributed by atoms with van der Waals surface area (Å²) in [5.41, 5.74) is 5.85. The Bertz CT molecular complexity index is 1240. The molecule has 10 heteroatoms. The van der Waals surface area contributed by atoms with Gasteiger partial charge < -0.3 is 9.64 Å². The minimum absolute atomic E-state index is 0.0436. The van der Waals surface area contributed by atoms with Crippen LogP contribution in [0.3, 0.4) is 0 Å². The number of rotatable bonds is 13. The lowest BCUT2D eigenvalue weighted by Crippen LogP contribution is -2.36. The van der Waals surface area contributed by atoms with E-state index in [1.54, 1.807) is 0 Å². The SMILES string of the molecule is CCOC(=O)C(c1cccc(C)c1C1CCC(OC(F)(F)F)CC1)N(C)CC[C@H](CCN1CCCCC1)c1nc(C)cnc1C. The normalized spacial score (nSPS) is 21.1. The van der Waals surface area contributed by atoms with Crippen LogP contribution in [0.25, 0.3) is 0 Å². The van der Waals surface area contributed by atoms with Crippen molar-refractivity contribution >= 4 is 5.97 Å². The summed E-state index contributed by atoms with van der Waals surface area (Å²) in [6.45, 7) is 12.0. The number of likely N-dealkylation sites (tertiary alicyclic amines) is 1. The van der Waals surface area contributed by atoms with E-state index in [4.69, 9.17) is 9.72 Å². The minimum atomic E-state index is -4.63. The lowest BCUT2D eigenvalue weighted by Gasteiger charge is -2.35. The maximum Gasteiger partial charge on any atom is 0.522 e. The Morgan fingerprint density at radius 1 is 1.07 bits per heavy atom. The Morgan fingerprint density at radius 3 is 2.44 bits per heavy atom. The van der Waals surface area contributed by atoms with Gasteiger partial charge in [0.15, 0.2) is 0 Å². The first kappa shape index (κ1) is 35.3. The van der Waals surface area contributed by atoms with Crippen LogP contribution in [0.5, 0.6) is 0 Å². The van der Waals surface area contributed by atoms with Crippen LogP contribution in [0, 0.1) is 20.8 Å². The van der Waals surface area contributed by atoms with Crippen molar-refractivity contribution in [1.82, 2.24) is 19.8 Å². The van der Waals surface area contributed by atoms with Crippen molar-refractivity contribution < 1.29 is 27.4 Å². The first-order valence-electron chi connectivity index (χ1n) is 16.7. The number of ether oxygens (including phenoxy) is 2. The summed E-state index contributed by atoms with van der Waals surface area (Å²) in [4.78, 5) is 27.8. The Morgan fingerprint density at radius 2 is 1.78 bits per heavy atom. The van der Waals surface area contributed by atoms with E-state index in [0.717, 1.165) is 66.2 Å². The standard InChI is InChI=1S/C35H51F3N4O3/c1-6-44-34(43)33(30-12-10-11-24(2)31(30)27-13-15-29(16-14-27)45-35(36,37)38)41(5)21-17-28(18-22-42-19-8-7-9-20-42)32-26(4)39-23-25(3)40-32/h10-12,23,27-29,33H,6-9,13-22H2,1-5H3/t27?,28-,29?,33?/m1/s1. The van der Waals surface area contributed by atoms with Gasteiger partial charge in [-0.2, -0.15) is 0 Å². The number of piperidine rings is 1. The Balaban J connectivity index is 1.56. The average Bonchev–Trinajstić information content (AvgIpc) is 2.99. The van der Waals surface area contributed by atoms with E-state index in [1.807, 2.05) is 59.1 Å². The van der Waals surface area contributed by atoms with Crippen molar-refractivity contribution in [1.29, 1.82) is 0 Å². The third-order valence-corrected chi connectivity index (χ3v) is 9.56. The van der Waals surface area contributed by atoms with Gasteiger partial charge in [0.1, 0.15) is 6.04 Å². The second-order valence-corrected chi connectivity index (χ2v) is 12.9. The molecule has 1 aliphatic heterocycles. The lowest BCUT2D eigenvalue weighted by atomic mass is 9.77. The van der Waals surface area contributed by atoms with E-state index in [2.05, 4.69) is 19.5 Å². The lowest BCUT2D eigenvalue weighted by molar-refractivity contribution is -0.345. The molecule has 0 spiro atoms. The van der Waals surface area contributed by atoms with Crippen LogP contribution in [-0.4, -0.2) is 78.0 Å². The van der Waals surface area contributed by atoms with Crippen molar-refractivity contribution in [2.24, 2.45) is 0 Å². The molecule has 2 aromatic rings. The van der Waals surface area contributed by atoms with E-state index in [-0.39, 0.29) is 24.4 Å². The number of nitrogens with zero attached hydrogens (tertiary/aromatic N) is 4. The molecular weight excluding hydrogens is 581 g/mol. The van der Waals surface area contributed by atoms with Crippen molar-refractivity contribution in [3.8, 4) is 0 Å². The molecule has 1 aromatic heterocycles. The summed E-state index contributed by atoms with van der Waals surface area (Å²) in [6.07, 6.45) is 3.71. The van der Waals surface area contributed by atoms with Crippen LogP contribution >= 0.6 is 0 Å². The Hall–Kier alpha value is -2.56. The van der Waals surface area contributed by atoms with Crippen LogP contribution in [0.2, 0.25) is 0 Å². The summed E-state index contributed by atoms with van der Waals surface area (Å²) in [7, 11) is 1.97. The third kappa shape index (κ3) is 9.96. The highest BCUT2D eigenvalue weighted by molar-refractivity contribution is 5.78. The summed E-state index contributed by atoms with van der Waals surface area (Å²) >= 11 is 0. The number of aryl methyl sites for hydroxylation is 3. The zero-order valence-corrected chi connectivity index (χ0v) is 27.7. The second-order valence-electron chi connectivity index (χ2n) is 12.9. The monoisotopic (exact) mass is 632 g/mol. The van der Waals surface area contributed by atoms with Crippen molar-refractivity contribution in [2.75, 3.05) is 39.8 Å². The molecule has 1 aromatic carbocycles. The fourth-order valence-corrected chi connectivity index (χ4v) is 7.29. The van der Waals surface area contributed by atoms with Crippen molar-refractivity contribution in [3.63, 3.8) is 0 Å². The van der Waals surface area contributed by atoms with Gasteiger partial charge in [0.2, 0.25) is 0 Å². The molecule has 2 atom stereocenters. The van der Waals surface area contributed by atoms with E-state index in [9.17, 15) is 18.0 Å². The molecule has 2 heterocycles. The summed E-state index contributed by atoms with van der Waals surface area (Å²) in [6, 6.07) is 5.34. The van der Waals surface area contributed by atoms with E-state index < -0.39 is 18.5 Å². The molecule has 0 amide bonds. The number of halogens is 3. The molecule has 1 saturated carbocycles. The number of esters is 1. The fraction of sp³-hybridized carbons (Fsp3) is 0.686. The molecule has 1 unspecified atom stereocenters. The van der Waals surface area contributed by atoms with Crippen LogP contribution in [0.1, 0.15) is 116 Å². The van der Waals surface area contributed by atoms with Crippen molar-refractivity contribution in [2.45, 2.75) is 116 Å². The van der Waals surface area contributed by atoms with Crippen LogP contribution < -0.4 is 0 Å². The third-order valence-electron chi connectivity index (χ3n) is 9.56. The molecule has 7 nitrogen and oxygen atoms in total. The molecule has 2 fully saturated rings. The maximum atomic E-state index is 13.6. The van der Waals surface area contributed by atoms with Crippen LogP contribution in [0.15, 0.2) is 24.4 Å². The van der Waals surface area contributed by atoms with E-state index in [1.165, 1.54) is 19.3 Å². The van der Waals surface area contributed by atoms with Gasteiger partial charge in [0, 0.05) is 12.1 Å². The van der Waals surface area contributed by atoms with Gasteiger partial charge in [-0.05, 0) is 135 Å². The summed E-state index contributed by atoms with van der Waals surface area (Å²) < 4.78 is 48.6. The molecule has 4 rings (SSSR count). The van der Waals surface area contributed by atoms with Gasteiger partial charge in [0.05, 0.1) is 29.8 Å². The fourth-order valence-electron chi connectivity index (χ4n) is 7.29. The van der Waals surface area contributed by atoms with Gasteiger partial charge in [-0.1, -0.05) is 24.6 Å². The highest BCUT2D eigenvalue weighted by atomic mass is 19.4. The van der Waals surface area contributed by atoms with E-state index >= 15 is 0 Å². The molecule has 1 saturated heterocycles. The zero-order chi connectivity index (χ0) is 32.6. The molecule has 1 aliphatic carbocycles. The molecule has 2 aliphatic rings. The van der Waals surface area contributed by atoms with Gasteiger partial charge in [-0.15, -0.1) is 13.2 Å². The summed E-state index contributed by atoms with van der Waals surface area (Å²) in [5, 5.41) is 0. The Kier molecular flexibility index (Phi) is 12.8. The number of hydrogen-bond acceptors (Lipinski definition) is 7. The number of carbonyl (C=O) groups is 1. The second kappa shape index (κ2) is 16.3. The Labute approximate surface area is 266 Å². The molecule has 0 bridgehead atoms. The number of likely N-dealkylation sites (N-methyl/N-ethyl adjacent to an activating group) is 1. The summed E-state index contributed by atoms with van der Waals surface area (Å²) in [5.74, 6) is -0.0787. The molecule has 250 valence electrons. The average molecular weight is 633 g/mol. The predicted molar refractivity (Wildman–Crippen MR) is 169 cm³/mol. The quantitative estimate of drug-likeness (QED) is 0.211. The van der Waals surface area contributed by atoms with Gasteiger partial charge in [-0.3, -0.25) is 19.6 Å². The minimum Gasteiger partial charge on any atom is -0.465 e. The number of hydrogen-bond donors (Lipinski definition) is 0. The molecule has 0 N–H and O–H groups in total. The van der Waals surface area contributed by atoms with Gasteiger partial charge in [0.25, 0.3) is 0 Å². The van der Waals surface area contributed by atoms with E-state index in [0.29, 0.717) is 32.2 Å². The molecule has 45 heavy (non-hydrogen) atoms. The maximum absolute atomic E-state index is 13.6. The smallest absolute Gasteiger partial charge is 0.465 e. The number of benzene rings is 1. The topological polar surface area (TPSA) is 67.8 Å². The predicted octanol–water partition coefficient (Wildman–Crippen LogP) is 7.55. The van der Waals surface area contributed by atoms with Crippen LogP contribution in [0.4, 0.5) is 13.2 Å². The first-order chi connectivity index (χ1) is 21.5. The highest BCUT2D eigenvalue weighted by Crippen LogP contribution is 2.41. The highest BCUT2D eigenvalue weighted by Gasteiger charge is 2.37. The van der Waals surface area contributed by atoms with Crippen molar-refractivity contribution in [3.05, 3.63) is 58.2 Å². The first-order valence-corrected chi connectivity index (χ1v) is 16.7.